The van der Waals surface area contributed by atoms with Gasteiger partial charge >= 0.3 is 0 Å². The summed E-state index contributed by atoms with van der Waals surface area (Å²) in [5.74, 6) is 1.17. The fourth-order valence-electron chi connectivity index (χ4n) is 3.44. The summed E-state index contributed by atoms with van der Waals surface area (Å²) in [6, 6.07) is 14.9. The predicted octanol–water partition coefficient (Wildman–Crippen LogP) is 3.03. The van der Waals surface area contributed by atoms with Crippen LogP contribution < -0.4 is 10.9 Å². The molecule has 0 radical (unpaired) electrons. The first-order chi connectivity index (χ1) is 14.1. The molecule has 0 aliphatic heterocycles. The highest BCUT2D eigenvalue weighted by Gasteiger charge is 2.15. The molecule has 0 unspecified atom stereocenters. The predicted molar refractivity (Wildman–Crippen MR) is 112 cm³/mol. The minimum atomic E-state index is -0.101. The lowest BCUT2D eigenvalue weighted by Crippen LogP contribution is -2.20. The topological polar surface area (TPSA) is 82.0 Å². The van der Waals surface area contributed by atoms with E-state index in [0.29, 0.717) is 28.6 Å². The Morgan fingerprint density at radius 1 is 1.10 bits per heavy atom. The summed E-state index contributed by atoms with van der Waals surface area (Å²) < 4.78 is 5.16. The number of aryl methyl sites for hydroxylation is 1. The van der Waals surface area contributed by atoms with Crippen molar-refractivity contribution in [1.82, 2.24) is 28.9 Å². The molecule has 144 valence electrons. The van der Waals surface area contributed by atoms with Gasteiger partial charge in [0.2, 0.25) is 5.78 Å². The molecule has 0 bridgehead atoms. The number of aromatic nitrogens is 6. The summed E-state index contributed by atoms with van der Waals surface area (Å²) in [5.41, 5.74) is 2.35. The van der Waals surface area contributed by atoms with E-state index < -0.39 is 0 Å². The largest absolute Gasteiger partial charge is 0.376 e. The smallest absolute Gasteiger partial charge is 0.262 e. The minimum absolute atomic E-state index is 0.101. The van der Waals surface area contributed by atoms with Gasteiger partial charge in [-0.25, -0.2) is 4.68 Å². The number of rotatable bonds is 4. The van der Waals surface area contributed by atoms with Crippen molar-refractivity contribution < 1.29 is 0 Å². The number of para-hydroxylation sites is 1. The maximum Gasteiger partial charge on any atom is 0.262 e. The van der Waals surface area contributed by atoms with Crippen LogP contribution in [0, 0.1) is 0 Å². The van der Waals surface area contributed by atoms with Gasteiger partial charge in [-0.1, -0.05) is 23.7 Å². The summed E-state index contributed by atoms with van der Waals surface area (Å²) in [6.07, 6.45) is 3.58. The second kappa shape index (κ2) is 6.75. The monoisotopic (exact) mass is 405 g/mol. The fraction of sp³-hybridized carbons (Fsp3) is 0.100. The molecule has 0 fully saturated rings. The summed E-state index contributed by atoms with van der Waals surface area (Å²) >= 11 is 6.21. The van der Waals surface area contributed by atoms with Crippen molar-refractivity contribution >= 4 is 34.0 Å². The first kappa shape index (κ1) is 17.4. The number of fused-ring (bicyclic) bond motifs is 3. The van der Waals surface area contributed by atoms with Crippen LogP contribution in [0.1, 0.15) is 5.82 Å². The van der Waals surface area contributed by atoms with E-state index in [2.05, 4.69) is 20.6 Å². The third-order valence-electron chi connectivity index (χ3n) is 4.84. The average molecular weight is 406 g/mol. The van der Waals surface area contributed by atoms with Gasteiger partial charge in [0.05, 0.1) is 28.8 Å². The van der Waals surface area contributed by atoms with Gasteiger partial charge in [-0.3, -0.25) is 13.8 Å². The number of benzene rings is 2. The Kier molecular flexibility index (Phi) is 4.06. The Morgan fingerprint density at radius 2 is 1.97 bits per heavy atom. The molecule has 0 spiro atoms. The molecule has 9 heteroatoms. The molecule has 0 aliphatic carbocycles. The summed E-state index contributed by atoms with van der Waals surface area (Å²) in [7, 11) is 1.70. The fourth-order valence-corrected chi connectivity index (χ4v) is 3.61. The van der Waals surface area contributed by atoms with Gasteiger partial charge in [-0.15, -0.1) is 10.2 Å². The highest BCUT2D eigenvalue weighted by Crippen LogP contribution is 2.25. The first-order valence-corrected chi connectivity index (χ1v) is 9.36. The number of nitrogens with zero attached hydrogens (tertiary/aromatic N) is 6. The van der Waals surface area contributed by atoms with Gasteiger partial charge < -0.3 is 5.32 Å². The number of anilines is 1. The van der Waals surface area contributed by atoms with E-state index >= 15 is 0 Å². The van der Waals surface area contributed by atoms with Gasteiger partial charge in [-0.05, 0) is 36.4 Å². The highest BCUT2D eigenvalue weighted by atomic mass is 35.5. The van der Waals surface area contributed by atoms with Crippen LogP contribution in [0.3, 0.4) is 0 Å². The third-order valence-corrected chi connectivity index (χ3v) is 5.07. The van der Waals surface area contributed by atoms with Crippen LogP contribution >= 0.6 is 11.6 Å². The molecule has 0 amide bonds. The molecule has 29 heavy (non-hydrogen) atoms. The molecule has 8 nitrogen and oxygen atoms in total. The van der Waals surface area contributed by atoms with Crippen LogP contribution in [0.2, 0.25) is 5.02 Å². The lowest BCUT2D eigenvalue weighted by Gasteiger charge is -2.13. The maximum atomic E-state index is 12.6. The van der Waals surface area contributed by atoms with Crippen molar-refractivity contribution in [2.24, 2.45) is 7.05 Å². The Hall–Kier alpha value is -3.65. The number of hydrogen-bond acceptors (Lipinski definition) is 5. The molecule has 0 atom stereocenters. The summed E-state index contributed by atoms with van der Waals surface area (Å²) in [6.45, 7) is 0.387. The Labute approximate surface area is 170 Å². The molecule has 0 aliphatic rings. The highest BCUT2D eigenvalue weighted by molar-refractivity contribution is 6.31. The Balaban J connectivity index is 1.60. The van der Waals surface area contributed by atoms with Crippen molar-refractivity contribution in [2.75, 3.05) is 5.32 Å². The van der Waals surface area contributed by atoms with Gasteiger partial charge in [0.25, 0.3) is 5.56 Å². The number of halogens is 1. The van der Waals surface area contributed by atoms with E-state index in [4.69, 9.17) is 11.6 Å². The van der Waals surface area contributed by atoms with Crippen LogP contribution in [-0.2, 0) is 13.6 Å². The van der Waals surface area contributed by atoms with E-state index in [0.717, 1.165) is 16.9 Å². The van der Waals surface area contributed by atoms with Crippen molar-refractivity contribution in [3.8, 4) is 5.69 Å². The van der Waals surface area contributed by atoms with Crippen LogP contribution in [0.15, 0.2) is 65.7 Å². The van der Waals surface area contributed by atoms with E-state index in [1.807, 2.05) is 53.1 Å². The zero-order chi connectivity index (χ0) is 20.0. The molecule has 2 aromatic carbocycles. The normalized spacial score (nSPS) is 11.4. The van der Waals surface area contributed by atoms with Crippen LogP contribution in [-0.4, -0.2) is 28.9 Å². The van der Waals surface area contributed by atoms with Crippen LogP contribution in [0.5, 0.6) is 0 Å². The van der Waals surface area contributed by atoms with E-state index in [1.54, 1.807) is 24.0 Å². The molecule has 1 N–H and O–H groups in total. The quantitative estimate of drug-likeness (QED) is 0.497. The standard InChI is InChI=1S/C20H16ClN7O/c1-26-19(29)14-5-2-3-6-16(14)28-18(24-25-20(26)28)12-22-15-11-13(21)7-8-17(15)27-10-4-9-23-27/h2-11,22H,12H2,1H3. The molecule has 5 aromatic rings. The van der Waals surface area contributed by atoms with E-state index in [9.17, 15) is 4.79 Å². The van der Waals surface area contributed by atoms with Crippen molar-refractivity contribution in [1.29, 1.82) is 0 Å². The number of nitrogens with one attached hydrogen (secondary N) is 1. The zero-order valence-electron chi connectivity index (χ0n) is 15.5. The van der Waals surface area contributed by atoms with Gasteiger partial charge in [0.1, 0.15) is 0 Å². The van der Waals surface area contributed by atoms with Crippen molar-refractivity contribution in [2.45, 2.75) is 6.54 Å². The first-order valence-electron chi connectivity index (χ1n) is 8.98. The molecule has 5 rings (SSSR count). The third kappa shape index (κ3) is 2.85. The van der Waals surface area contributed by atoms with Gasteiger partial charge in [0.15, 0.2) is 5.82 Å². The lowest BCUT2D eigenvalue weighted by atomic mass is 10.2. The van der Waals surface area contributed by atoms with Gasteiger partial charge in [-0.2, -0.15) is 5.10 Å². The molecule has 0 saturated heterocycles. The Bertz CT molecular complexity index is 1400. The molecule has 3 heterocycles. The zero-order valence-corrected chi connectivity index (χ0v) is 16.2. The van der Waals surface area contributed by atoms with Crippen LogP contribution in [0.25, 0.3) is 22.4 Å². The van der Waals surface area contributed by atoms with Crippen molar-refractivity contribution in [3.05, 3.63) is 82.1 Å². The second-order valence-corrected chi connectivity index (χ2v) is 7.04. The average Bonchev–Trinajstić information content (AvgIpc) is 3.41. The molecule has 3 aromatic heterocycles. The molecular formula is C20H16ClN7O. The minimum Gasteiger partial charge on any atom is -0.376 e. The molecule has 0 saturated carbocycles. The lowest BCUT2D eigenvalue weighted by molar-refractivity contribution is 0.854. The van der Waals surface area contributed by atoms with Gasteiger partial charge in [0, 0.05) is 24.5 Å². The van der Waals surface area contributed by atoms with Crippen molar-refractivity contribution in [3.63, 3.8) is 0 Å². The Morgan fingerprint density at radius 3 is 2.79 bits per heavy atom. The molecular weight excluding hydrogens is 390 g/mol. The number of hydrogen-bond donors (Lipinski definition) is 1. The second-order valence-electron chi connectivity index (χ2n) is 6.60. The summed E-state index contributed by atoms with van der Waals surface area (Å²) in [4.78, 5) is 12.6. The summed E-state index contributed by atoms with van der Waals surface area (Å²) in [5, 5.41) is 17.4. The maximum absolute atomic E-state index is 12.6. The SMILES string of the molecule is Cn1c(=O)c2ccccc2n2c(CNc3cc(Cl)ccc3-n3cccn3)nnc12. The van der Waals surface area contributed by atoms with Crippen LogP contribution in [0.4, 0.5) is 5.69 Å². The van der Waals surface area contributed by atoms with E-state index in [-0.39, 0.29) is 5.56 Å². The van der Waals surface area contributed by atoms with E-state index in [1.165, 1.54) is 4.57 Å².